The molecule has 0 saturated heterocycles. The molecular weight excluding hydrogens is 260 g/mol. The molecule has 1 N–H and O–H groups in total. The zero-order chi connectivity index (χ0) is 16.1. The van der Waals surface area contributed by atoms with Gasteiger partial charge < -0.3 is 5.11 Å². The lowest BCUT2D eigenvalue weighted by molar-refractivity contribution is -0.131. The molecule has 0 fully saturated rings. The van der Waals surface area contributed by atoms with Crippen molar-refractivity contribution in [3.8, 4) is 0 Å². The first kappa shape index (κ1) is 19.2. The minimum Gasteiger partial charge on any atom is -0.478 e. The summed E-state index contributed by atoms with van der Waals surface area (Å²) in [5, 5.41) is 8.44. The average Bonchev–Trinajstić information content (AvgIpc) is 2.37. The first-order chi connectivity index (χ1) is 9.91. The maximum atomic E-state index is 10.3. The largest absolute Gasteiger partial charge is 0.478 e. The van der Waals surface area contributed by atoms with E-state index in [4.69, 9.17) is 5.11 Å². The monoisotopic (exact) mass is 288 g/mol. The minimum atomic E-state index is -0.922. The summed E-state index contributed by atoms with van der Waals surface area (Å²) in [5.41, 5.74) is 4.12. The first-order valence-corrected chi connectivity index (χ1v) is 7.44. The van der Waals surface area contributed by atoms with Gasteiger partial charge in [0, 0.05) is 6.08 Å². The molecular formula is C19H28O2. The van der Waals surface area contributed by atoms with E-state index in [0.29, 0.717) is 0 Å². The molecule has 0 bridgehead atoms. The van der Waals surface area contributed by atoms with Gasteiger partial charge in [-0.3, -0.25) is 0 Å². The van der Waals surface area contributed by atoms with Crippen molar-refractivity contribution in [1.82, 2.24) is 0 Å². The Kier molecular flexibility index (Phi) is 10.9. The van der Waals surface area contributed by atoms with E-state index in [-0.39, 0.29) is 0 Å². The van der Waals surface area contributed by atoms with E-state index in [1.165, 1.54) is 22.8 Å². The summed E-state index contributed by atoms with van der Waals surface area (Å²) in [7, 11) is 0. The van der Waals surface area contributed by atoms with E-state index in [9.17, 15) is 4.79 Å². The smallest absolute Gasteiger partial charge is 0.328 e. The Labute approximate surface area is 129 Å². The molecule has 0 aromatic heterocycles. The Morgan fingerprint density at radius 3 is 2.10 bits per heavy atom. The molecule has 0 amide bonds. The molecule has 0 rings (SSSR count). The fourth-order valence-electron chi connectivity index (χ4n) is 1.74. The molecule has 0 radical (unpaired) electrons. The molecule has 0 unspecified atom stereocenters. The number of allylic oxidation sites excluding steroid dienone is 9. The maximum Gasteiger partial charge on any atom is 0.328 e. The van der Waals surface area contributed by atoms with Crippen LogP contribution in [0.5, 0.6) is 0 Å². The van der Waals surface area contributed by atoms with Crippen molar-refractivity contribution in [2.75, 3.05) is 0 Å². The third kappa shape index (κ3) is 14.4. The van der Waals surface area contributed by atoms with Crippen molar-refractivity contribution in [2.24, 2.45) is 0 Å². The molecule has 0 heterocycles. The normalized spacial score (nSPS) is 13.1. The summed E-state index contributed by atoms with van der Waals surface area (Å²) < 4.78 is 0. The quantitative estimate of drug-likeness (QED) is 0.340. The van der Waals surface area contributed by atoms with E-state index >= 15 is 0 Å². The van der Waals surface area contributed by atoms with Gasteiger partial charge in [-0.25, -0.2) is 4.79 Å². The Hall–Kier alpha value is -1.83. The number of hydrogen-bond donors (Lipinski definition) is 1. The highest BCUT2D eigenvalue weighted by molar-refractivity contribution is 5.80. The summed E-state index contributed by atoms with van der Waals surface area (Å²) >= 11 is 0. The number of aliphatic carboxylic acids is 1. The number of carboxylic acid groups (broad SMARTS) is 1. The van der Waals surface area contributed by atoms with E-state index in [2.05, 4.69) is 39.8 Å². The number of carboxylic acids is 1. The average molecular weight is 288 g/mol. The van der Waals surface area contributed by atoms with Gasteiger partial charge >= 0.3 is 5.97 Å². The van der Waals surface area contributed by atoms with Crippen LogP contribution in [0, 0.1) is 0 Å². The van der Waals surface area contributed by atoms with Gasteiger partial charge in [0.1, 0.15) is 0 Å². The third-order valence-corrected chi connectivity index (χ3v) is 2.96. The molecule has 2 nitrogen and oxygen atoms in total. The lowest BCUT2D eigenvalue weighted by Crippen LogP contribution is -1.84. The van der Waals surface area contributed by atoms with Gasteiger partial charge in [0.05, 0.1) is 0 Å². The van der Waals surface area contributed by atoms with Crippen molar-refractivity contribution in [2.45, 2.75) is 53.4 Å². The van der Waals surface area contributed by atoms with Crippen molar-refractivity contribution >= 4 is 5.97 Å². The number of rotatable bonds is 9. The minimum absolute atomic E-state index is 0.922. The number of hydrogen-bond acceptors (Lipinski definition) is 1. The van der Waals surface area contributed by atoms with Gasteiger partial charge in [-0.05, 0) is 53.4 Å². The molecule has 0 saturated carbocycles. The fraction of sp³-hybridized carbons (Fsp3) is 0.421. The second-order valence-electron chi connectivity index (χ2n) is 5.50. The van der Waals surface area contributed by atoms with Crippen molar-refractivity contribution < 1.29 is 9.90 Å². The van der Waals surface area contributed by atoms with E-state index in [1.807, 2.05) is 12.2 Å². The second-order valence-corrected chi connectivity index (χ2v) is 5.50. The lowest BCUT2D eigenvalue weighted by Gasteiger charge is -2.00. The second kappa shape index (κ2) is 12.0. The third-order valence-electron chi connectivity index (χ3n) is 2.96. The Bertz CT molecular complexity index is 456. The molecule has 0 atom stereocenters. The highest BCUT2D eigenvalue weighted by Gasteiger charge is 1.91. The van der Waals surface area contributed by atoms with Gasteiger partial charge in [-0.1, -0.05) is 53.2 Å². The predicted molar refractivity (Wildman–Crippen MR) is 91.3 cm³/mol. The molecule has 21 heavy (non-hydrogen) atoms. The molecule has 0 aliphatic heterocycles. The SMILES string of the molecule is CC(C)=CCC/C(C)=C/CC\C(C)=C/C=C/C=C\C(=O)O. The summed E-state index contributed by atoms with van der Waals surface area (Å²) in [6, 6.07) is 0. The van der Waals surface area contributed by atoms with Crippen LogP contribution in [0.25, 0.3) is 0 Å². The zero-order valence-corrected chi connectivity index (χ0v) is 13.7. The zero-order valence-electron chi connectivity index (χ0n) is 13.7. The van der Waals surface area contributed by atoms with Crippen LogP contribution in [-0.4, -0.2) is 11.1 Å². The predicted octanol–water partition coefficient (Wildman–Crippen LogP) is 5.60. The van der Waals surface area contributed by atoms with Crippen LogP contribution < -0.4 is 0 Å². The molecule has 2 heteroatoms. The molecule has 0 aromatic carbocycles. The fourth-order valence-corrected chi connectivity index (χ4v) is 1.74. The van der Waals surface area contributed by atoms with E-state index < -0.39 is 5.97 Å². The van der Waals surface area contributed by atoms with Crippen molar-refractivity contribution in [3.63, 3.8) is 0 Å². The van der Waals surface area contributed by atoms with Gasteiger partial charge in [0.2, 0.25) is 0 Å². The number of carbonyl (C=O) groups is 1. The van der Waals surface area contributed by atoms with Gasteiger partial charge in [-0.2, -0.15) is 0 Å². The van der Waals surface area contributed by atoms with Gasteiger partial charge in [0.25, 0.3) is 0 Å². The highest BCUT2D eigenvalue weighted by Crippen LogP contribution is 2.11. The summed E-state index contributed by atoms with van der Waals surface area (Å²) in [6.07, 6.45) is 17.2. The van der Waals surface area contributed by atoms with Crippen LogP contribution in [-0.2, 0) is 4.79 Å². The molecule has 0 aliphatic carbocycles. The van der Waals surface area contributed by atoms with E-state index in [1.54, 1.807) is 6.08 Å². The van der Waals surface area contributed by atoms with Crippen LogP contribution >= 0.6 is 0 Å². The van der Waals surface area contributed by atoms with Crippen LogP contribution in [0.1, 0.15) is 53.4 Å². The molecule has 0 aromatic rings. The molecule has 116 valence electrons. The van der Waals surface area contributed by atoms with Crippen LogP contribution in [0.4, 0.5) is 0 Å². The summed E-state index contributed by atoms with van der Waals surface area (Å²) in [6.45, 7) is 8.55. The van der Waals surface area contributed by atoms with Gasteiger partial charge in [-0.15, -0.1) is 0 Å². The molecule has 0 aliphatic rings. The summed E-state index contributed by atoms with van der Waals surface area (Å²) in [4.78, 5) is 10.3. The Balaban J connectivity index is 4.04. The van der Waals surface area contributed by atoms with Crippen molar-refractivity contribution in [1.29, 1.82) is 0 Å². The highest BCUT2D eigenvalue weighted by atomic mass is 16.4. The van der Waals surface area contributed by atoms with Crippen LogP contribution in [0.15, 0.2) is 59.3 Å². The maximum absolute atomic E-state index is 10.3. The van der Waals surface area contributed by atoms with Gasteiger partial charge in [0.15, 0.2) is 0 Å². The van der Waals surface area contributed by atoms with Crippen LogP contribution in [0.3, 0.4) is 0 Å². The topological polar surface area (TPSA) is 37.3 Å². The molecule has 0 spiro atoms. The van der Waals surface area contributed by atoms with Crippen molar-refractivity contribution in [3.05, 3.63) is 59.3 Å². The van der Waals surface area contributed by atoms with E-state index in [0.717, 1.165) is 31.8 Å². The summed E-state index contributed by atoms with van der Waals surface area (Å²) in [5.74, 6) is -0.922. The Morgan fingerprint density at radius 2 is 1.48 bits per heavy atom. The standard InChI is InChI=1S/C19H28O2/c1-16(2)10-8-12-18(4)14-9-13-17(3)11-6-5-7-15-19(20)21/h5-7,10-11,14-15H,8-9,12-13H2,1-4H3,(H,20,21)/b6-5+,15-7-,17-11-,18-14+. The first-order valence-electron chi connectivity index (χ1n) is 7.44. The Morgan fingerprint density at radius 1 is 0.857 bits per heavy atom. The lowest BCUT2D eigenvalue weighted by atomic mass is 10.1. The van der Waals surface area contributed by atoms with Crippen LogP contribution in [0.2, 0.25) is 0 Å².